The average Bonchev–Trinajstić information content (AvgIpc) is 3.26. The van der Waals surface area contributed by atoms with E-state index in [9.17, 15) is 15.0 Å². The number of allylic oxidation sites excluding steroid dienone is 11. The lowest BCUT2D eigenvalue weighted by molar-refractivity contribution is -0.123. The highest BCUT2D eigenvalue weighted by molar-refractivity contribution is 5.76. The van der Waals surface area contributed by atoms with Gasteiger partial charge in [0.15, 0.2) is 0 Å². The number of aliphatic hydroxyl groups is 2. The van der Waals surface area contributed by atoms with E-state index in [-0.39, 0.29) is 12.5 Å². The van der Waals surface area contributed by atoms with Gasteiger partial charge in [0.1, 0.15) is 0 Å². The van der Waals surface area contributed by atoms with Gasteiger partial charge in [0.05, 0.1) is 18.8 Å². The molecule has 0 saturated carbocycles. The molecule has 0 aromatic heterocycles. The molecule has 2 unspecified atom stereocenters. The monoisotopic (exact) mass is 850 g/mol. The summed E-state index contributed by atoms with van der Waals surface area (Å²) >= 11 is 0. The number of carbonyl (C=O) groups excluding carboxylic acids is 1. The van der Waals surface area contributed by atoms with Gasteiger partial charge < -0.3 is 15.5 Å². The molecule has 0 aromatic carbocycles. The molecule has 2 atom stereocenters. The van der Waals surface area contributed by atoms with E-state index < -0.39 is 12.1 Å². The molecule has 61 heavy (non-hydrogen) atoms. The first-order chi connectivity index (χ1) is 30.2. The molecule has 0 aromatic rings. The standard InChI is InChI=1S/C57H103NO3/c1-3-5-7-9-11-13-15-17-19-21-23-24-25-26-27-28-29-30-31-32-33-35-36-38-40-42-44-46-48-50-52-56(60)55(54-59)58-57(61)53-51-49-47-45-43-41-39-37-34-22-20-18-16-14-12-10-8-6-4-2/h12,14,18,20,34-37,42,44,50,52,55-56,59-60H,3-11,13,15-17,19,21-33,38-41,43,45-49,51,53-54H2,1-2H3,(H,58,61)/b14-12-,20-18-,36-35+,37-34-,44-42+,52-50+. The first-order valence-electron chi connectivity index (χ1n) is 26.7. The molecule has 3 N–H and O–H groups in total. The van der Waals surface area contributed by atoms with E-state index in [2.05, 4.69) is 79.9 Å². The van der Waals surface area contributed by atoms with Gasteiger partial charge >= 0.3 is 0 Å². The SMILES string of the molecule is CCCCC/C=C\C/C=C\C/C=C\CCCCCCCCC(=O)NC(CO)C(O)/C=C/CC/C=C/CC/C=C/CCCCCCCCCCCCCCCCCCCCCC. The van der Waals surface area contributed by atoms with E-state index in [0.717, 1.165) is 64.2 Å². The van der Waals surface area contributed by atoms with Crippen LogP contribution in [0, 0.1) is 0 Å². The highest BCUT2D eigenvalue weighted by Crippen LogP contribution is 2.16. The van der Waals surface area contributed by atoms with Crippen molar-refractivity contribution < 1.29 is 15.0 Å². The molecule has 4 heteroatoms. The maximum Gasteiger partial charge on any atom is 0.220 e. The Hall–Kier alpha value is -2.17. The molecule has 1 amide bonds. The highest BCUT2D eigenvalue weighted by Gasteiger charge is 2.17. The Morgan fingerprint density at radius 2 is 0.689 bits per heavy atom. The summed E-state index contributed by atoms with van der Waals surface area (Å²) in [6.07, 6.45) is 74.8. The van der Waals surface area contributed by atoms with Crippen LogP contribution in [0.3, 0.4) is 0 Å². The molecule has 0 aliphatic carbocycles. The number of hydrogen-bond donors (Lipinski definition) is 3. The Balaban J connectivity index is 3.60. The highest BCUT2D eigenvalue weighted by atomic mass is 16.3. The van der Waals surface area contributed by atoms with E-state index in [4.69, 9.17) is 0 Å². The number of unbranched alkanes of at least 4 members (excludes halogenated alkanes) is 31. The number of aliphatic hydroxyl groups excluding tert-OH is 2. The Morgan fingerprint density at radius 1 is 0.393 bits per heavy atom. The molecule has 4 nitrogen and oxygen atoms in total. The van der Waals surface area contributed by atoms with E-state index in [0.29, 0.717) is 6.42 Å². The Bertz CT molecular complexity index is 1050. The summed E-state index contributed by atoms with van der Waals surface area (Å²) in [6.45, 7) is 4.27. The number of nitrogens with one attached hydrogen (secondary N) is 1. The van der Waals surface area contributed by atoms with Crippen molar-refractivity contribution in [2.24, 2.45) is 0 Å². The average molecular weight is 850 g/mol. The fourth-order valence-corrected chi connectivity index (χ4v) is 7.81. The number of hydrogen-bond acceptors (Lipinski definition) is 3. The third-order valence-electron chi connectivity index (χ3n) is 11.9. The van der Waals surface area contributed by atoms with Crippen LogP contribution in [0.1, 0.15) is 264 Å². The second-order valence-electron chi connectivity index (χ2n) is 17.9. The summed E-state index contributed by atoms with van der Waals surface area (Å²) in [5.74, 6) is -0.0913. The lowest BCUT2D eigenvalue weighted by atomic mass is 10.0. The van der Waals surface area contributed by atoms with E-state index in [1.807, 2.05) is 6.08 Å². The van der Waals surface area contributed by atoms with Crippen molar-refractivity contribution in [1.29, 1.82) is 0 Å². The second kappa shape index (κ2) is 52.2. The zero-order chi connectivity index (χ0) is 44.2. The van der Waals surface area contributed by atoms with Crippen molar-refractivity contribution in [1.82, 2.24) is 5.32 Å². The quantitative estimate of drug-likeness (QED) is 0.0422. The second-order valence-corrected chi connectivity index (χ2v) is 17.9. The molecule has 0 bridgehead atoms. The number of carbonyl (C=O) groups is 1. The van der Waals surface area contributed by atoms with Crippen LogP contribution in [0.4, 0.5) is 0 Å². The van der Waals surface area contributed by atoms with E-state index in [1.54, 1.807) is 6.08 Å². The molecular weight excluding hydrogens is 747 g/mol. The first kappa shape index (κ1) is 58.8. The van der Waals surface area contributed by atoms with Gasteiger partial charge in [-0.15, -0.1) is 0 Å². The van der Waals surface area contributed by atoms with Gasteiger partial charge in [-0.05, 0) is 83.5 Å². The molecule has 0 aliphatic heterocycles. The smallest absolute Gasteiger partial charge is 0.220 e. The normalized spacial score (nSPS) is 13.4. The maximum atomic E-state index is 12.4. The third-order valence-corrected chi connectivity index (χ3v) is 11.9. The van der Waals surface area contributed by atoms with Gasteiger partial charge in [0, 0.05) is 6.42 Å². The van der Waals surface area contributed by atoms with Crippen LogP contribution in [0.15, 0.2) is 72.9 Å². The van der Waals surface area contributed by atoms with Crippen molar-refractivity contribution >= 4 is 5.91 Å². The van der Waals surface area contributed by atoms with Crippen molar-refractivity contribution in [2.75, 3.05) is 6.61 Å². The topological polar surface area (TPSA) is 69.6 Å². The molecule has 0 spiro atoms. The van der Waals surface area contributed by atoms with Crippen LogP contribution in [0.25, 0.3) is 0 Å². The molecule has 0 saturated heterocycles. The van der Waals surface area contributed by atoms with Crippen LogP contribution < -0.4 is 5.32 Å². The summed E-state index contributed by atoms with van der Waals surface area (Å²) in [5, 5.41) is 23.1. The van der Waals surface area contributed by atoms with E-state index >= 15 is 0 Å². The minimum atomic E-state index is -0.880. The minimum absolute atomic E-state index is 0.0913. The summed E-state index contributed by atoms with van der Waals surface area (Å²) in [6, 6.07) is -0.657. The van der Waals surface area contributed by atoms with Crippen molar-refractivity contribution in [3.8, 4) is 0 Å². The van der Waals surface area contributed by atoms with Crippen LogP contribution in [0.5, 0.6) is 0 Å². The summed E-state index contributed by atoms with van der Waals surface area (Å²) < 4.78 is 0. The van der Waals surface area contributed by atoms with Gasteiger partial charge in [-0.1, -0.05) is 247 Å². The van der Waals surface area contributed by atoms with Gasteiger partial charge in [-0.2, -0.15) is 0 Å². The zero-order valence-electron chi connectivity index (χ0n) is 40.7. The Morgan fingerprint density at radius 3 is 1.10 bits per heavy atom. The van der Waals surface area contributed by atoms with E-state index in [1.165, 1.54) is 180 Å². The predicted molar refractivity (Wildman–Crippen MR) is 271 cm³/mol. The first-order valence-corrected chi connectivity index (χ1v) is 26.7. The summed E-state index contributed by atoms with van der Waals surface area (Å²) in [5.41, 5.74) is 0. The lowest BCUT2D eigenvalue weighted by Crippen LogP contribution is -2.45. The molecule has 0 radical (unpaired) electrons. The molecule has 0 aliphatic rings. The molecule has 0 fully saturated rings. The minimum Gasteiger partial charge on any atom is -0.394 e. The molecular formula is C57H103NO3. The fourth-order valence-electron chi connectivity index (χ4n) is 7.81. The molecule has 0 rings (SSSR count). The Labute approximate surface area is 380 Å². The molecule has 354 valence electrons. The lowest BCUT2D eigenvalue weighted by Gasteiger charge is -2.19. The number of rotatable bonds is 48. The molecule has 0 heterocycles. The summed E-state index contributed by atoms with van der Waals surface area (Å²) in [7, 11) is 0. The predicted octanol–water partition coefficient (Wildman–Crippen LogP) is 17.4. The van der Waals surface area contributed by atoms with Crippen molar-refractivity contribution in [3.05, 3.63) is 72.9 Å². The third kappa shape index (κ3) is 48.7. The fraction of sp³-hybridized carbons (Fsp3) is 0.772. The van der Waals surface area contributed by atoms with Gasteiger partial charge in [0.2, 0.25) is 5.91 Å². The van der Waals surface area contributed by atoms with Crippen molar-refractivity contribution in [3.63, 3.8) is 0 Å². The Kier molecular flexibility index (Phi) is 50.3. The van der Waals surface area contributed by atoms with Gasteiger partial charge in [-0.3, -0.25) is 4.79 Å². The summed E-state index contributed by atoms with van der Waals surface area (Å²) in [4.78, 5) is 12.4. The van der Waals surface area contributed by atoms with Crippen LogP contribution in [-0.4, -0.2) is 34.9 Å². The van der Waals surface area contributed by atoms with Crippen LogP contribution in [-0.2, 0) is 4.79 Å². The van der Waals surface area contributed by atoms with Crippen LogP contribution >= 0.6 is 0 Å². The van der Waals surface area contributed by atoms with Gasteiger partial charge in [-0.25, -0.2) is 0 Å². The maximum absolute atomic E-state index is 12.4. The number of amides is 1. The van der Waals surface area contributed by atoms with Crippen molar-refractivity contribution in [2.45, 2.75) is 276 Å². The zero-order valence-corrected chi connectivity index (χ0v) is 40.7. The largest absolute Gasteiger partial charge is 0.394 e. The van der Waals surface area contributed by atoms with Crippen LogP contribution in [0.2, 0.25) is 0 Å². The van der Waals surface area contributed by atoms with Gasteiger partial charge in [0.25, 0.3) is 0 Å².